The number of anilines is 1. The van der Waals surface area contributed by atoms with Gasteiger partial charge in [-0.15, -0.1) is 0 Å². The fourth-order valence-electron chi connectivity index (χ4n) is 1.83. The number of hydrogen-bond donors (Lipinski definition) is 2. The molecule has 0 atom stereocenters. The van der Waals surface area contributed by atoms with Crippen molar-refractivity contribution in [1.82, 2.24) is 4.98 Å². The molecular formula is C17H17IN2O3. The number of carboxylic acids is 1. The normalized spacial score (nSPS) is 10.7. The van der Waals surface area contributed by atoms with E-state index in [0.717, 1.165) is 39.7 Å². The van der Waals surface area contributed by atoms with Crippen molar-refractivity contribution in [3.8, 4) is 5.75 Å². The quantitative estimate of drug-likeness (QED) is 0.385. The number of ether oxygens (including phenoxy) is 1. The molecule has 5 nitrogen and oxygen atoms in total. The van der Waals surface area contributed by atoms with Gasteiger partial charge in [-0.2, -0.15) is 0 Å². The Morgan fingerprint density at radius 3 is 2.83 bits per heavy atom. The van der Waals surface area contributed by atoms with Gasteiger partial charge in [0.1, 0.15) is 11.6 Å². The predicted octanol–water partition coefficient (Wildman–Crippen LogP) is 3.67. The zero-order valence-electron chi connectivity index (χ0n) is 12.4. The molecule has 2 N–H and O–H groups in total. The minimum Gasteiger partial charge on any atom is -0.494 e. The van der Waals surface area contributed by atoms with Crippen LogP contribution in [0.5, 0.6) is 5.75 Å². The minimum absolute atomic E-state index is 0.632. The van der Waals surface area contributed by atoms with Crippen LogP contribution < -0.4 is 10.1 Å². The van der Waals surface area contributed by atoms with E-state index < -0.39 is 5.97 Å². The van der Waals surface area contributed by atoms with Crippen molar-refractivity contribution in [1.29, 1.82) is 0 Å². The number of hydrogen-bond acceptors (Lipinski definition) is 4. The van der Waals surface area contributed by atoms with Crippen LogP contribution in [0.1, 0.15) is 12.0 Å². The summed E-state index contributed by atoms with van der Waals surface area (Å²) in [4.78, 5) is 14.8. The molecule has 2 rings (SSSR count). The smallest absolute Gasteiger partial charge is 0.328 e. The van der Waals surface area contributed by atoms with Gasteiger partial charge in [-0.25, -0.2) is 9.78 Å². The summed E-state index contributed by atoms with van der Waals surface area (Å²) < 4.78 is 6.56. The van der Waals surface area contributed by atoms with Gasteiger partial charge in [-0.1, -0.05) is 18.2 Å². The van der Waals surface area contributed by atoms with Crippen LogP contribution >= 0.6 is 22.6 Å². The number of aromatic nitrogens is 1. The van der Waals surface area contributed by atoms with Crippen LogP contribution in [-0.2, 0) is 4.79 Å². The molecule has 2 aromatic rings. The summed E-state index contributed by atoms with van der Waals surface area (Å²) >= 11 is 2.18. The van der Waals surface area contributed by atoms with E-state index in [1.807, 2.05) is 36.4 Å². The van der Waals surface area contributed by atoms with Crippen molar-refractivity contribution in [2.75, 3.05) is 18.5 Å². The predicted molar refractivity (Wildman–Crippen MR) is 98.7 cm³/mol. The minimum atomic E-state index is -0.972. The van der Waals surface area contributed by atoms with Gasteiger partial charge in [0, 0.05) is 18.8 Å². The van der Waals surface area contributed by atoms with Crippen molar-refractivity contribution in [3.63, 3.8) is 0 Å². The first-order valence-corrected chi connectivity index (χ1v) is 8.21. The van der Waals surface area contributed by atoms with Gasteiger partial charge in [0.25, 0.3) is 0 Å². The van der Waals surface area contributed by atoms with Gasteiger partial charge in [0.15, 0.2) is 0 Å². The molecule has 1 aromatic heterocycles. The van der Waals surface area contributed by atoms with Crippen molar-refractivity contribution < 1.29 is 14.6 Å². The monoisotopic (exact) mass is 424 g/mol. The Bertz CT molecular complexity index is 675. The van der Waals surface area contributed by atoms with Crippen LogP contribution in [0.4, 0.5) is 5.82 Å². The fourth-order valence-corrected chi connectivity index (χ4v) is 2.52. The number of carbonyl (C=O) groups is 1. The molecule has 0 unspecified atom stereocenters. The number of aliphatic carboxylic acids is 1. The van der Waals surface area contributed by atoms with Crippen LogP contribution in [0.2, 0.25) is 0 Å². The second-order valence-electron chi connectivity index (χ2n) is 4.71. The average Bonchev–Trinajstić information content (AvgIpc) is 2.55. The number of carboxylic acid groups (broad SMARTS) is 1. The SMILES string of the molecule is O=C(O)/C=C/c1cnc(NCCCOc2ccccc2)c(I)c1. The molecule has 0 aliphatic heterocycles. The fraction of sp³-hybridized carbons (Fsp3) is 0.176. The number of pyridine rings is 1. The molecule has 0 saturated carbocycles. The van der Waals surface area contributed by atoms with Gasteiger partial charge < -0.3 is 15.2 Å². The summed E-state index contributed by atoms with van der Waals surface area (Å²) in [6.45, 7) is 1.38. The lowest BCUT2D eigenvalue weighted by Gasteiger charge is -2.09. The molecule has 120 valence electrons. The van der Waals surface area contributed by atoms with Gasteiger partial charge in [0.05, 0.1) is 10.2 Å². The third-order valence-electron chi connectivity index (χ3n) is 2.91. The van der Waals surface area contributed by atoms with Crippen LogP contribution in [-0.4, -0.2) is 29.2 Å². The molecule has 0 saturated heterocycles. The Morgan fingerprint density at radius 1 is 1.35 bits per heavy atom. The number of nitrogens with zero attached hydrogens (tertiary/aromatic N) is 1. The Morgan fingerprint density at radius 2 is 2.13 bits per heavy atom. The average molecular weight is 424 g/mol. The number of rotatable bonds is 8. The molecule has 6 heteroatoms. The summed E-state index contributed by atoms with van der Waals surface area (Å²) in [5.41, 5.74) is 0.759. The summed E-state index contributed by atoms with van der Waals surface area (Å²) in [5.74, 6) is 0.688. The van der Waals surface area contributed by atoms with Crippen LogP contribution in [0, 0.1) is 3.57 Å². The highest BCUT2D eigenvalue weighted by atomic mass is 127. The van der Waals surface area contributed by atoms with E-state index in [1.165, 1.54) is 6.08 Å². The highest BCUT2D eigenvalue weighted by Gasteiger charge is 2.02. The van der Waals surface area contributed by atoms with Crippen molar-refractivity contribution in [2.45, 2.75) is 6.42 Å². The molecule has 23 heavy (non-hydrogen) atoms. The van der Waals surface area contributed by atoms with Crippen LogP contribution in [0.15, 0.2) is 48.7 Å². The van der Waals surface area contributed by atoms with E-state index in [4.69, 9.17) is 9.84 Å². The van der Waals surface area contributed by atoms with E-state index in [9.17, 15) is 4.79 Å². The third kappa shape index (κ3) is 6.27. The first-order valence-electron chi connectivity index (χ1n) is 7.13. The summed E-state index contributed by atoms with van der Waals surface area (Å²) in [6.07, 6.45) is 5.12. The molecule has 0 aliphatic rings. The Balaban J connectivity index is 1.76. The molecular weight excluding hydrogens is 407 g/mol. The summed E-state index contributed by atoms with van der Waals surface area (Å²) in [6, 6.07) is 11.6. The van der Waals surface area contributed by atoms with E-state index in [0.29, 0.717) is 6.61 Å². The van der Waals surface area contributed by atoms with Gasteiger partial charge >= 0.3 is 5.97 Å². The lowest BCUT2D eigenvalue weighted by Crippen LogP contribution is -2.09. The molecule has 0 radical (unpaired) electrons. The molecule has 0 spiro atoms. The van der Waals surface area contributed by atoms with Crippen LogP contribution in [0.3, 0.4) is 0 Å². The summed E-state index contributed by atoms with van der Waals surface area (Å²) in [5, 5.41) is 11.9. The maximum Gasteiger partial charge on any atom is 0.328 e. The maximum atomic E-state index is 10.5. The van der Waals surface area contributed by atoms with Crippen molar-refractivity contribution >= 4 is 40.5 Å². The van der Waals surface area contributed by atoms with Gasteiger partial charge in [-0.05, 0) is 58.9 Å². The van der Waals surface area contributed by atoms with Crippen LogP contribution in [0.25, 0.3) is 6.08 Å². The molecule has 1 heterocycles. The van der Waals surface area contributed by atoms with Gasteiger partial charge in [-0.3, -0.25) is 0 Å². The molecule has 0 amide bonds. The summed E-state index contributed by atoms with van der Waals surface area (Å²) in [7, 11) is 0. The van der Waals surface area contributed by atoms with Crippen molar-refractivity contribution in [3.05, 3.63) is 57.8 Å². The molecule has 0 aliphatic carbocycles. The molecule has 0 fully saturated rings. The Labute approximate surface area is 148 Å². The zero-order chi connectivity index (χ0) is 16.5. The lowest BCUT2D eigenvalue weighted by atomic mass is 10.2. The molecule has 1 aromatic carbocycles. The maximum absolute atomic E-state index is 10.5. The number of halogens is 1. The largest absolute Gasteiger partial charge is 0.494 e. The third-order valence-corrected chi connectivity index (χ3v) is 3.73. The topological polar surface area (TPSA) is 71.5 Å². The number of para-hydroxylation sites is 1. The van der Waals surface area contributed by atoms with E-state index in [-0.39, 0.29) is 0 Å². The van der Waals surface area contributed by atoms with Gasteiger partial charge in [0.2, 0.25) is 0 Å². The zero-order valence-corrected chi connectivity index (χ0v) is 14.6. The number of benzene rings is 1. The van der Waals surface area contributed by atoms with Crippen molar-refractivity contribution in [2.24, 2.45) is 0 Å². The lowest BCUT2D eigenvalue weighted by molar-refractivity contribution is -0.131. The second kappa shape index (κ2) is 9.14. The number of nitrogens with one attached hydrogen (secondary N) is 1. The highest BCUT2D eigenvalue weighted by Crippen LogP contribution is 2.17. The van der Waals surface area contributed by atoms with E-state index in [1.54, 1.807) is 6.20 Å². The first kappa shape index (κ1) is 17.3. The highest BCUT2D eigenvalue weighted by molar-refractivity contribution is 14.1. The first-order chi connectivity index (χ1) is 11.1. The van der Waals surface area contributed by atoms with E-state index >= 15 is 0 Å². The Kier molecular flexibility index (Phi) is 6.86. The second-order valence-corrected chi connectivity index (χ2v) is 5.87. The Hall–Kier alpha value is -2.09. The molecule has 0 bridgehead atoms. The van der Waals surface area contributed by atoms with E-state index in [2.05, 4.69) is 32.9 Å². The standard InChI is InChI=1S/C17H17IN2O3/c18-15-11-13(7-8-16(21)22)12-20-17(15)19-9-4-10-23-14-5-2-1-3-6-14/h1-3,5-8,11-12H,4,9-10H2,(H,19,20)(H,21,22)/b8-7+.